The summed E-state index contributed by atoms with van der Waals surface area (Å²) in [5.41, 5.74) is 3.30. The maximum absolute atomic E-state index is 5.64. The summed E-state index contributed by atoms with van der Waals surface area (Å²) in [6, 6.07) is 20.1. The third-order valence-electron chi connectivity index (χ3n) is 3.10. The molecule has 1 heterocycles. The van der Waals surface area contributed by atoms with Crippen LogP contribution in [0.5, 0.6) is 5.75 Å². The highest BCUT2D eigenvalue weighted by atomic mass is 16.5. The minimum absolute atomic E-state index is 0.844. The summed E-state index contributed by atoms with van der Waals surface area (Å²) in [7, 11) is 1.66. The molecule has 94 valence electrons. The van der Waals surface area contributed by atoms with Crippen molar-refractivity contribution in [2.45, 2.75) is 0 Å². The molecule has 0 aliphatic heterocycles. The molecule has 0 saturated carbocycles. The predicted octanol–water partition coefficient (Wildman–Crippen LogP) is 4.62. The molecular weight excluding hydrogens is 236 g/mol. The molecule has 0 N–H and O–H groups in total. The topological polar surface area (TPSA) is 22.4 Å². The van der Waals surface area contributed by atoms with Gasteiger partial charge in [-0.25, -0.2) is 0 Å². The Kier molecular flexibility index (Phi) is 3.07. The van der Waals surface area contributed by atoms with E-state index in [1.54, 1.807) is 13.4 Å². The first kappa shape index (κ1) is 11.6. The molecule has 3 aromatic rings. The molecule has 3 rings (SSSR count). The van der Waals surface area contributed by atoms with E-state index in [0.717, 1.165) is 28.2 Å². The van der Waals surface area contributed by atoms with E-state index in [-0.39, 0.29) is 0 Å². The fourth-order valence-corrected chi connectivity index (χ4v) is 2.12. The van der Waals surface area contributed by atoms with Gasteiger partial charge < -0.3 is 9.15 Å². The second kappa shape index (κ2) is 5.02. The number of hydrogen-bond acceptors (Lipinski definition) is 2. The van der Waals surface area contributed by atoms with Gasteiger partial charge in [0.1, 0.15) is 11.5 Å². The van der Waals surface area contributed by atoms with E-state index in [4.69, 9.17) is 9.15 Å². The Hall–Kier alpha value is -2.48. The highest BCUT2D eigenvalue weighted by Gasteiger charge is 2.10. The van der Waals surface area contributed by atoms with Crippen molar-refractivity contribution < 1.29 is 9.15 Å². The minimum Gasteiger partial charge on any atom is -0.497 e. The lowest BCUT2D eigenvalue weighted by Crippen LogP contribution is -1.83. The summed E-state index contributed by atoms with van der Waals surface area (Å²) in [5.74, 6) is 1.73. The molecule has 0 fully saturated rings. The molecule has 0 saturated heterocycles. The Balaban J connectivity index is 2.04. The molecule has 0 atom stereocenters. The number of benzene rings is 2. The van der Waals surface area contributed by atoms with Crippen molar-refractivity contribution in [1.82, 2.24) is 0 Å². The van der Waals surface area contributed by atoms with Crippen LogP contribution < -0.4 is 4.74 Å². The molecule has 0 spiro atoms. The van der Waals surface area contributed by atoms with Crippen molar-refractivity contribution in [2.24, 2.45) is 0 Å². The highest BCUT2D eigenvalue weighted by molar-refractivity contribution is 5.79. The normalized spacial score (nSPS) is 10.4. The van der Waals surface area contributed by atoms with Crippen LogP contribution in [0.4, 0.5) is 0 Å². The van der Waals surface area contributed by atoms with Crippen LogP contribution >= 0.6 is 0 Å². The Labute approximate surface area is 112 Å². The molecule has 0 aliphatic carbocycles. The molecule has 0 unspecified atom stereocenters. The van der Waals surface area contributed by atoms with Crippen molar-refractivity contribution in [1.29, 1.82) is 0 Å². The summed E-state index contributed by atoms with van der Waals surface area (Å²) in [4.78, 5) is 0. The second-order valence-electron chi connectivity index (χ2n) is 4.26. The molecule has 2 heteroatoms. The zero-order valence-corrected chi connectivity index (χ0v) is 10.7. The molecule has 0 amide bonds. The highest BCUT2D eigenvalue weighted by Crippen LogP contribution is 2.33. The van der Waals surface area contributed by atoms with Gasteiger partial charge in [-0.15, -0.1) is 0 Å². The number of ether oxygens (including phenoxy) is 1. The van der Waals surface area contributed by atoms with Gasteiger partial charge in [0, 0.05) is 11.1 Å². The molecule has 0 radical (unpaired) electrons. The average molecular weight is 250 g/mol. The summed E-state index contributed by atoms with van der Waals surface area (Å²) >= 11 is 0. The Morgan fingerprint density at radius 1 is 0.789 bits per heavy atom. The lowest BCUT2D eigenvalue weighted by atomic mass is 10.0. The van der Waals surface area contributed by atoms with Crippen LogP contribution in [0.25, 0.3) is 22.5 Å². The standard InChI is InChI=1S/C17H14O2/c1-18-15-9-7-14(8-10-15)17-16(11-12-19-17)13-5-3-2-4-6-13/h2-12H,1H3. The van der Waals surface area contributed by atoms with E-state index >= 15 is 0 Å². The summed E-state index contributed by atoms with van der Waals surface area (Å²) in [6.07, 6.45) is 1.72. The molecule has 19 heavy (non-hydrogen) atoms. The summed E-state index contributed by atoms with van der Waals surface area (Å²) < 4.78 is 10.8. The quantitative estimate of drug-likeness (QED) is 0.676. The molecule has 2 aromatic carbocycles. The van der Waals surface area contributed by atoms with Crippen molar-refractivity contribution in [3.63, 3.8) is 0 Å². The first-order valence-corrected chi connectivity index (χ1v) is 6.16. The molecule has 0 aliphatic rings. The Morgan fingerprint density at radius 2 is 1.53 bits per heavy atom. The van der Waals surface area contributed by atoms with Gasteiger partial charge in [-0.1, -0.05) is 30.3 Å². The van der Waals surface area contributed by atoms with Crippen molar-refractivity contribution in [3.8, 4) is 28.2 Å². The van der Waals surface area contributed by atoms with Crippen LogP contribution in [0.15, 0.2) is 71.3 Å². The van der Waals surface area contributed by atoms with E-state index in [2.05, 4.69) is 12.1 Å². The van der Waals surface area contributed by atoms with Gasteiger partial charge >= 0.3 is 0 Å². The monoisotopic (exact) mass is 250 g/mol. The van der Waals surface area contributed by atoms with Gasteiger partial charge in [-0.3, -0.25) is 0 Å². The van der Waals surface area contributed by atoms with Crippen LogP contribution in [-0.4, -0.2) is 7.11 Å². The van der Waals surface area contributed by atoms with E-state index in [0.29, 0.717) is 0 Å². The Morgan fingerprint density at radius 3 is 2.21 bits per heavy atom. The largest absolute Gasteiger partial charge is 0.497 e. The number of methoxy groups -OCH3 is 1. The first-order chi connectivity index (χ1) is 9.38. The van der Waals surface area contributed by atoms with Gasteiger partial charge in [-0.2, -0.15) is 0 Å². The summed E-state index contributed by atoms with van der Waals surface area (Å²) in [6.45, 7) is 0. The van der Waals surface area contributed by atoms with Crippen LogP contribution in [0, 0.1) is 0 Å². The van der Waals surface area contributed by atoms with Crippen molar-refractivity contribution in [3.05, 3.63) is 66.9 Å². The van der Waals surface area contributed by atoms with Crippen LogP contribution in [-0.2, 0) is 0 Å². The maximum Gasteiger partial charge on any atom is 0.141 e. The van der Waals surface area contributed by atoms with E-state index in [1.165, 1.54) is 0 Å². The Bertz CT molecular complexity index is 651. The summed E-state index contributed by atoms with van der Waals surface area (Å²) in [5, 5.41) is 0. The SMILES string of the molecule is COc1ccc(-c2occc2-c2ccccc2)cc1. The smallest absolute Gasteiger partial charge is 0.141 e. The molecule has 2 nitrogen and oxygen atoms in total. The van der Waals surface area contributed by atoms with Gasteiger partial charge in [0.05, 0.1) is 13.4 Å². The van der Waals surface area contributed by atoms with E-state index < -0.39 is 0 Å². The molecule has 1 aromatic heterocycles. The fraction of sp³-hybridized carbons (Fsp3) is 0.0588. The van der Waals surface area contributed by atoms with Gasteiger partial charge in [0.25, 0.3) is 0 Å². The third-order valence-corrected chi connectivity index (χ3v) is 3.10. The van der Waals surface area contributed by atoms with Gasteiger partial charge in [0.2, 0.25) is 0 Å². The first-order valence-electron chi connectivity index (χ1n) is 6.16. The predicted molar refractivity (Wildman–Crippen MR) is 76.1 cm³/mol. The van der Waals surface area contributed by atoms with Crippen LogP contribution in [0.2, 0.25) is 0 Å². The van der Waals surface area contributed by atoms with Crippen LogP contribution in [0.1, 0.15) is 0 Å². The van der Waals surface area contributed by atoms with Gasteiger partial charge in [-0.05, 0) is 35.9 Å². The van der Waals surface area contributed by atoms with Crippen molar-refractivity contribution in [2.75, 3.05) is 7.11 Å². The third kappa shape index (κ3) is 2.25. The van der Waals surface area contributed by atoms with E-state index in [9.17, 15) is 0 Å². The second-order valence-corrected chi connectivity index (χ2v) is 4.26. The van der Waals surface area contributed by atoms with E-state index in [1.807, 2.05) is 48.5 Å². The number of furan rings is 1. The lowest BCUT2D eigenvalue weighted by molar-refractivity contribution is 0.415. The molecular formula is C17H14O2. The zero-order valence-electron chi connectivity index (χ0n) is 10.7. The number of hydrogen-bond donors (Lipinski definition) is 0. The molecule has 0 bridgehead atoms. The maximum atomic E-state index is 5.64. The van der Waals surface area contributed by atoms with Gasteiger partial charge in [0.15, 0.2) is 0 Å². The average Bonchev–Trinajstić information content (AvgIpc) is 2.98. The number of rotatable bonds is 3. The fourth-order valence-electron chi connectivity index (χ4n) is 2.12. The zero-order chi connectivity index (χ0) is 13.1. The van der Waals surface area contributed by atoms with Crippen LogP contribution in [0.3, 0.4) is 0 Å². The van der Waals surface area contributed by atoms with Crippen molar-refractivity contribution >= 4 is 0 Å². The minimum atomic E-state index is 0.844. The lowest BCUT2D eigenvalue weighted by Gasteiger charge is -2.04.